The molecule has 0 aliphatic heterocycles. The van der Waals surface area contributed by atoms with Gasteiger partial charge in [-0.15, -0.1) is 0 Å². The molecule has 1 aromatic carbocycles. The van der Waals surface area contributed by atoms with E-state index in [2.05, 4.69) is 10.5 Å². The molecule has 19 heavy (non-hydrogen) atoms. The molecule has 0 unspecified atom stereocenters. The number of benzene rings is 1. The predicted octanol–water partition coefficient (Wildman–Crippen LogP) is 3.32. The van der Waals surface area contributed by atoms with Gasteiger partial charge in [0.05, 0.1) is 5.69 Å². The summed E-state index contributed by atoms with van der Waals surface area (Å²) in [5.74, 6) is 1.48. The van der Waals surface area contributed by atoms with E-state index in [1.54, 1.807) is 0 Å². The number of nitrogens with one attached hydrogen (secondary N) is 1. The van der Waals surface area contributed by atoms with Gasteiger partial charge in [0.15, 0.2) is 5.76 Å². The summed E-state index contributed by atoms with van der Waals surface area (Å²) in [4.78, 5) is 0. The van der Waals surface area contributed by atoms with Crippen molar-refractivity contribution >= 4 is 11.6 Å². The Labute approximate surface area is 117 Å². The van der Waals surface area contributed by atoms with Crippen LogP contribution in [0.15, 0.2) is 28.8 Å². The Morgan fingerprint density at radius 2 is 2.21 bits per heavy atom. The third-order valence-electron chi connectivity index (χ3n) is 2.67. The fourth-order valence-corrected chi connectivity index (χ4v) is 1.74. The van der Waals surface area contributed by atoms with Crippen LogP contribution in [0.2, 0.25) is 5.02 Å². The third-order valence-corrected chi connectivity index (χ3v) is 3.10. The minimum absolute atomic E-state index is 0.361. The van der Waals surface area contributed by atoms with E-state index < -0.39 is 0 Å². The van der Waals surface area contributed by atoms with Crippen molar-refractivity contribution in [3.05, 3.63) is 46.3 Å². The summed E-state index contributed by atoms with van der Waals surface area (Å²) in [5.41, 5.74) is 1.87. The zero-order chi connectivity index (χ0) is 13.7. The molecule has 5 heteroatoms. The maximum absolute atomic E-state index is 5.96. The molecule has 4 nitrogen and oxygen atoms in total. The minimum atomic E-state index is 0.361. The summed E-state index contributed by atoms with van der Waals surface area (Å²) in [6, 6.07) is 7.46. The average molecular weight is 281 g/mol. The minimum Gasteiger partial charge on any atom is -0.486 e. The van der Waals surface area contributed by atoms with Crippen molar-refractivity contribution in [1.82, 2.24) is 10.5 Å². The van der Waals surface area contributed by atoms with Crippen LogP contribution in [0.4, 0.5) is 0 Å². The van der Waals surface area contributed by atoms with Gasteiger partial charge in [0.1, 0.15) is 12.4 Å². The molecular weight excluding hydrogens is 264 g/mol. The Balaban J connectivity index is 1.91. The van der Waals surface area contributed by atoms with E-state index in [9.17, 15) is 0 Å². The van der Waals surface area contributed by atoms with Crippen LogP contribution in [0.1, 0.15) is 23.9 Å². The lowest BCUT2D eigenvalue weighted by atomic mass is 10.2. The third kappa shape index (κ3) is 3.98. The van der Waals surface area contributed by atoms with Crippen LogP contribution in [-0.2, 0) is 13.2 Å². The number of nitrogens with zero attached hydrogens (tertiary/aromatic N) is 1. The van der Waals surface area contributed by atoms with Crippen LogP contribution >= 0.6 is 11.6 Å². The lowest BCUT2D eigenvalue weighted by molar-refractivity contribution is 0.248. The lowest BCUT2D eigenvalue weighted by Gasteiger charge is -2.05. The smallest absolute Gasteiger partial charge is 0.174 e. The van der Waals surface area contributed by atoms with Crippen molar-refractivity contribution < 1.29 is 9.26 Å². The number of ether oxygens (including phenoxy) is 1. The highest BCUT2D eigenvalue weighted by atomic mass is 35.5. The van der Waals surface area contributed by atoms with Crippen molar-refractivity contribution in [2.45, 2.75) is 27.0 Å². The first-order chi connectivity index (χ1) is 9.19. The molecule has 0 fully saturated rings. The van der Waals surface area contributed by atoms with E-state index in [0.717, 1.165) is 28.6 Å². The maximum atomic E-state index is 5.96. The molecule has 0 atom stereocenters. The molecule has 1 N–H and O–H groups in total. The zero-order valence-corrected chi connectivity index (χ0v) is 11.8. The topological polar surface area (TPSA) is 47.3 Å². The monoisotopic (exact) mass is 280 g/mol. The summed E-state index contributed by atoms with van der Waals surface area (Å²) >= 11 is 5.96. The van der Waals surface area contributed by atoms with Gasteiger partial charge in [-0.1, -0.05) is 23.7 Å². The number of hydrogen-bond donors (Lipinski definition) is 1. The predicted molar refractivity (Wildman–Crippen MR) is 74.4 cm³/mol. The average Bonchev–Trinajstić information content (AvgIpc) is 2.86. The van der Waals surface area contributed by atoms with Crippen LogP contribution in [0, 0.1) is 6.92 Å². The fourth-order valence-electron chi connectivity index (χ4n) is 1.62. The Morgan fingerprint density at radius 1 is 1.37 bits per heavy atom. The molecule has 102 valence electrons. The summed E-state index contributed by atoms with van der Waals surface area (Å²) in [6.45, 7) is 5.97. The number of halogens is 1. The van der Waals surface area contributed by atoms with Crippen molar-refractivity contribution in [1.29, 1.82) is 0 Å². The van der Waals surface area contributed by atoms with E-state index in [-0.39, 0.29) is 0 Å². The normalized spacial score (nSPS) is 10.7. The summed E-state index contributed by atoms with van der Waals surface area (Å²) < 4.78 is 10.8. The lowest BCUT2D eigenvalue weighted by Crippen LogP contribution is -2.11. The quantitative estimate of drug-likeness (QED) is 0.882. The maximum Gasteiger partial charge on any atom is 0.174 e. The van der Waals surface area contributed by atoms with Crippen molar-refractivity contribution in [2.75, 3.05) is 6.54 Å². The van der Waals surface area contributed by atoms with E-state index in [1.807, 2.05) is 38.1 Å². The van der Waals surface area contributed by atoms with Crippen molar-refractivity contribution in [2.24, 2.45) is 0 Å². The number of aromatic nitrogens is 1. The number of rotatable bonds is 6. The molecule has 2 rings (SSSR count). The van der Waals surface area contributed by atoms with E-state index in [1.165, 1.54) is 0 Å². The van der Waals surface area contributed by atoms with Gasteiger partial charge in [0.25, 0.3) is 0 Å². The zero-order valence-electron chi connectivity index (χ0n) is 11.1. The number of aryl methyl sites for hydroxylation is 1. The van der Waals surface area contributed by atoms with Crippen LogP contribution < -0.4 is 10.1 Å². The second kappa shape index (κ2) is 6.59. The Kier molecular flexibility index (Phi) is 4.82. The van der Waals surface area contributed by atoms with Gasteiger partial charge >= 0.3 is 0 Å². The molecule has 0 aliphatic carbocycles. The second-order valence-electron chi connectivity index (χ2n) is 4.26. The van der Waals surface area contributed by atoms with Gasteiger partial charge in [-0.05, 0) is 37.2 Å². The Hall–Kier alpha value is -1.52. The highest BCUT2D eigenvalue weighted by Gasteiger charge is 2.05. The van der Waals surface area contributed by atoms with Gasteiger partial charge in [0.2, 0.25) is 0 Å². The molecule has 0 saturated carbocycles. The van der Waals surface area contributed by atoms with E-state index >= 15 is 0 Å². The SMILES string of the molecule is CCNCc1cc(COc2ccc(Cl)c(C)c2)on1. The van der Waals surface area contributed by atoms with Crippen LogP contribution in [0.25, 0.3) is 0 Å². The van der Waals surface area contributed by atoms with Gasteiger partial charge in [0, 0.05) is 17.6 Å². The molecular formula is C14H17ClN2O2. The van der Waals surface area contributed by atoms with E-state index in [4.69, 9.17) is 20.9 Å². The second-order valence-corrected chi connectivity index (χ2v) is 4.67. The highest BCUT2D eigenvalue weighted by Crippen LogP contribution is 2.21. The van der Waals surface area contributed by atoms with Crippen LogP contribution in [-0.4, -0.2) is 11.7 Å². The standard InChI is InChI=1S/C14H17ClN2O2/c1-3-16-8-11-7-13(19-17-11)9-18-12-4-5-14(15)10(2)6-12/h4-7,16H,3,8-9H2,1-2H3. The van der Waals surface area contributed by atoms with Crippen LogP contribution in [0.5, 0.6) is 5.75 Å². The molecule has 1 heterocycles. The Morgan fingerprint density at radius 3 is 2.95 bits per heavy atom. The summed E-state index contributed by atoms with van der Waals surface area (Å²) in [6.07, 6.45) is 0. The van der Waals surface area contributed by atoms with Gasteiger partial charge in [-0.3, -0.25) is 0 Å². The molecule has 0 radical (unpaired) electrons. The summed E-state index contributed by atoms with van der Waals surface area (Å²) in [7, 11) is 0. The molecule has 0 aliphatic rings. The van der Waals surface area contributed by atoms with Gasteiger partial charge in [-0.2, -0.15) is 0 Å². The van der Waals surface area contributed by atoms with Crippen molar-refractivity contribution in [3.8, 4) is 5.75 Å². The van der Waals surface area contributed by atoms with Gasteiger partial charge in [-0.25, -0.2) is 0 Å². The van der Waals surface area contributed by atoms with E-state index in [0.29, 0.717) is 18.9 Å². The molecule has 1 aromatic heterocycles. The first-order valence-electron chi connectivity index (χ1n) is 6.23. The number of hydrogen-bond acceptors (Lipinski definition) is 4. The fraction of sp³-hybridized carbons (Fsp3) is 0.357. The largest absolute Gasteiger partial charge is 0.486 e. The first kappa shape index (κ1) is 13.9. The Bertz CT molecular complexity index is 540. The molecule has 2 aromatic rings. The highest BCUT2D eigenvalue weighted by molar-refractivity contribution is 6.31. The first-order valence-corrected chi connectivity index (χ1v) is 6.61. The molecule has 0 bridgehead atoms. The van der Waals surface area contributed by atoms with Crippen LogP contribution in [0.3, 0.4) is 0 Å². The van der Waals surface area contributed by atoms with Crippen molar-refractivity contribution in [3.63, 3.8) is 0 Å². The summed E-state index contributed by atoms with van der Waals surface area (Å²) in [5, 5.41) is 7.88. The molecule has 0 spiro atoms. The van der Waals surface area contributed by atoms with Gasteiger partial charge < -0.3 is 14.6 Å². The molecule has 0 saturated heterocycles. The molecule has 0 amide bonds.